The molecule has 0 aromatic carbocycles. The van der Waals surface area contributed by atoms with Gasteiger partial charge in [0, 0.05) is 11.7 Å². The SMILES string of the molecule is C=C(NC1CCCCC1)C(N)/C=C\C(C)C. The Labute approximate surface area is 100.0 Å². The fourth-order valence-corrected chi connectivity index (χ4v) is 2.06. The van der Waals surface area contributed by atoms with Crippen molar-refractivity contribution in [2.45, 2.75) is 58.0 Å². The first-order valence-corrected chi connectivity index (χ1v) is 6.49. The summed E-state index contributed by atoms with van der Waals surface area (Å²) in [4.78, 5) is 0. The van der Waals surface area contributed by atoms with Crippen LogP contribution in [-0.2, 0) is 0 Å². The molecule has 2 heteroatoms. The minimum atomic E-state index is -0.0515. The molecule has 0 spiro atoms. The monoisotopic (exact) mass is 222 g/mol. The second-order valence-corrected chi connectivity index (χ2v) is 5.16. The van der Waals surface area contributed by atoms with Gasteiger partial charge in [-0.3, -0.25) is 0 Å². The maximum atomic E-state index is 6.03. The lowest BCUT2D eigenvalue weighted by molar-refractivity contribution is 0.392. The quantitative estimate of drug-likeness (QED) is 0.702. The van der Waals surface area contributed by atoms with E-state index in [2.05, 4.69) is 31.8 Å². The van der Waals surface area contributed by atoms with Gasteiger partial charge in [-0.2, -0.15) is 0 Å². The van der Waals surface area contributed by atoms with Gasteiger partial charge in [-0.25, -0.2) is 0 Å². The Hall–Kier alpha value is -0.760. The molecule has 1 fully saturated rings. The van der Waals surface area contributed by atoms with E-state index >= 15 is 0 Å². The van der Waals surface area contributed by atoms with Crippen LogP contribution < -0.4 is 11.1 Å². The molecule has 0 aliphatic heterocycles. The highest BCUT2D eigenvalue weighted by atomic mass is 15.0. The summed E-state index contributed by atoms with van der Waals surface area (Å²) < 4.78 is 0. The lowest BCUT2D eigenvalue weighted by Gasteiger charge is -2.26. The second kappa shape index (κ2) is 6.74. The third-order valence-corrected chi connectivity index (χ3v) is 3.10. The molecule has 1 aliphatic rings. The number of nitrogens with two attached hydrogens (primary N) is 1. The third kappa shape index (κ3) is 4.84. The van der Waals surface area contributed by atoms with Crippen molar-refractivity contribution in [3.8, 4) is 0 Å². The van der Waals surface area contributed by atoms with Crippen molar-refractivity contribution < 1.29 is 0 Å². The van der Waals surface area contributed by atoms with Crippen LogP contribution in [-0.4, -0.2) is 12.1 Å². The summed E-state index contributed by atoms with van der Waals surface area (Å²) in [6.45, 7) is 8.35. The average Bonchev–Trinajstić information content (AvgIpc) is 2.27. The summed E-state index contributed by atoms with van der Waals surface area (Å²) in [5.41, 5.74) is 7.00. The minimum Gasteiger partial charge on any atom is -0.385 e. The highest BCUT2D eigenvalue weighted by molar-refractivity contribution is 5.13. The first-order valence-electron chi connectivity index (χ1n) is 6.49. The van der Waals surface area contributed by atoms with Crippen LogP contribution in [0.1, 0.15) is 46.0 Å². The lowest BCUT2D eigenvalue weighted by Crippen LogP contribution is -2.37. The molecule has 1 unspecified atom stereocenters. The molecule has 1 saturated carbocycles. The van der Waals surface area contributed by atoms with Gasteiger partial charge >= 0.3 is 0 Å². The summed E-state index contributed by atoms with van der Waals surface area (Å²) >= 11 is 0. The van der Waals surface area contributed by atoms with Crippen molar-refractivity contribution in [3.63, 3.8) is 0 Å². The topological polar surface area (TPSA) is 38.0 Å². The van der Waals surface area contributed by atoms with E-state index in [0.29, 0.717) is 12.0 Å². The van der Waals surface area contributed by atoms with Crippen LogP contribution in [0.5, 0.6) is 0 Å². The molecule has 1 aliphatic carbocycles. The van der Waals surface area contributed by atoms with Gasteiger partial charge < -0.3 is 11.1 Å². The van der Waals surface area contributed by atoms with Crippen LogP contribution in [0.15, 0.2) is 24.4 Å². The smallest absolute Gasteiger partial charge is 0.0624 e. The third-order valence-electron chi connectivity index (χ3n) is 3.10. The largest absolute Gasteiger partial charge is 0.385 e. The molecule has 1 rings (SSSR count). The van der Waals surface area contributed by atoms with E-state index in [-0.39, 0.29) is 6.04 Å². The van der Waals surface area contributed by atoms with E-state index in [9.17, 15) is 0 Å². The molecule has 0 bridgehead atoms. The number of nitrogens with one attached hydrogen (secondary N) is 1. The van der Waals surface area contributed by atoms with Gasteiger partial charge in [0.1, 0.15) is 0 Å². The molecule has 0 heterocycles. The summed E-state index contributed by atoms with van der Waals surface area (Å²) in [6.07, 6.45) is 10.8. The summed E-state index contributed by atoms with van der Waals surface area (Å²) in [6, 6.07) is 0.545. The zero-order valence-electron chi connectivity index (χ0n) is 10.7. The van der Waals surface area contributed by atoms with E-state index in [1.54, 1.807) is 0 Å². The summed E-state index contributed by atoms with van der Waals surface area (Å²) in [7, 11) is 0. The molecule has 0 aromatic rings. The van der Waals surface area contributed by atoms with Gasteiger partial charge in [0.15, 0.2) is 0 Å². The fraction of sp³-hybridized carbons (Fsp3) is 0.714. The first-order chi connectivity index (χ1) is 7.59. The molecule has 3 N–H and O–H groups in total. The summed E-state index contributed by atoms with van der Waals surface area (Å²) in [5.74, 6) is 0.550. The number of hydrogen-bond donors (Lipinski definition) is 2. The molecule has 0 saturated heterocycles. The maximum Gasteiger partial charge on any atom is 0.0624 e. The molecule has 1 atom stereocenters. The van der Waals surface area contributed by atoms with Crippen molar-refractivity contribution in [2.24, 2.45) is 11.7 Å². The predicted octanol–water partition coefficient (Wildman–Crippen LogP) is 2.96. The first kappa shape index (κ1) is 13.3. The zero-order chi connectivity index (χ0) is 12.0. The second-order valence-electron chi connectivity index (χ2n) is 5.16. The van der Waals surface area contributed by atoms with Crippen molar-refractivity contribution >= 4 is 0 Å². The average molecular weight is 222 g/mol. The normalized spacial score (nSPS) is 20.2. The van der Waals surface area contributed by atoms with E-state index in [1.165, 1.54) is 32.1 Å². The van der Waals surface area contributed by atoms with E-state index in [4.69, 9.17) is 5.73 Å². The Kier molecular flexibility index (Phi) is 5.61. The van der Waals surface area contributed by atoms with Crippen molar-refractivity contribution in [2.75, 3.05) is 0 Å². The predicted molar refractivity (Wildman–Crippen MR) is 71.1 cm³/mol. The van der Waals surface area contributed by atoms with Gasteiger partial charge in [-0.1, -0.05) is 51.8 Å². The molecular formula is C14H26N2. The fourth-order valence-electron chi connectivity index (χ4n) is 2.06. The minimum absolute atomic E-state index is 0.0515. The molecule has 2 nitrogen and oxygen atoms in total. The van der Waals surface area contributed by atoms with E-state index in [0.717, 1.165) is 5.70 Å². The Morgan fingerprint density at radius 2 is 1.88 bits per heavy atom. The Balaban J connectivity index is 2.32. The van der Waals surface area contributed by atoms with Crippen LogP contribution in [0.3, 0.4) is 0 Å². The van der Waals surface area contributed by atoms with Gasteiger partial charge in [0.2, 0.25) is 0 Å². The van der Waals surface area contributed by atoms with Gasteiger partial charge in [-0.05, 0) is 18.8 Å². The van der Waals surface area contributed by atoms with Gasteiger partial charge in [0.25, 0.3) is 0 Å². The van der Waals surface area contributed by atoms with Crippen molar-refractivity contribution in [1.29, 1.82) is 0 Å². The molecule has 16 heavy (non-hydrogen) atoms. The standard InChI is InChI=1S/C14H26N2/c1-11(2)9-10-14(15)12(3)16-13-7-5-4-6-8-13/h9-11,13-14,16H,3-8,15H2,1-2H3/b10-9-. The Bertz CT molecular complexity index is 237. The van der Waals surface area contributed by atoms with Crippen LogP contribution in [0.2, 0.25) is 0 Å². The molecule has 92 valence electrons. The van der Waals surface area contributed by atoms with Crippen LogP contribution in [0.4, 0.5) is 0 Å². The molecule has 0 aromatic heterocycles. The van der Waals surface area contributed by atoms with Crippen LogP contribution in [0.25, 0.3) is 0 Å². The number of rotatable bonds is 5. The van der Waals surface area contributed by atoms with Crippen LogP contribution >= 0.6 is 0 Å². The highest BCUT2D eigenvalue weighted by Gasteiger charge is 2.14. The Morgan fingerprint density at radius 3 is 2.44 bits per heavy atom. The van der Waals surface area contributed by atoms with Gasteiger partial charge in [0.05, 0.1) is 6.04 Å². The van der Waals surface area contributed by atoms with Gasteiger partial charge in [-0.15, -0.1) is 0 Å². The molecular weight excluding hydrogens is 196 g/mol. The molecule has 0 radical (unpaired) electrons. The lowest BCUT2D eigenvalue weighted by atomic mass is 9.95. The van der Waals surface area contributed by atoms with Crippen molar-refractivity contribution in [1.82, 2.24) is 5.32 Å². The summed E-state index contributed by atoms with van der Waals surface area (Å²) in [5, 5.41) is 3.47. The Morgan fingerprint density at radius 1 is 1.25 bits per heavy atom. The highest BCUT2D eigenvalue weighted by Crippen LogP contribution is 2.18. The van der Waals surface area contributed by atoms with Crippen LogP contribution in [0, 0.1) is 5.92 Å². The molecule has 0 amide bonds. The number of hydrogen-bond acceptors (Lipinski definition) is 2. The van der Waals surface area contributed by atoms with E-state index in [1.807, 2.05) is 6.08 Å². The van der Waals surface area contributed by atoms with E-state index < -0.39 is 0 Å². The van der Waals surface area contributed by atoms with Crippen molar-refractivity contribution in [3.05, 3.63) is 24.4 Å². The number of allylic oxidation sites excluding steroid dienone is 1. The zero-order valence-corrected chi connectivity index (χ0v) is 10.7. The maximum absolute atomic E-state index is 6.03.